The minimum atomic E-state index is 0.00789. The van der Waals surface area contributed by atoms with Gasteiger partial charge in [-0.25, -0.2) is 4.98 Å². The topological polar surface area (TPSA) is 72.0 Å². The standard InChI is InChI=1S/C14H14BrN3OS/c1-19-12-7-9(4-5-10(12)13(16)17)8-20-14-11(15)3-2-6-18-14/h2-7H,8H2,1H3,(H3,16,17). The van der Waals surface area contributed by atoms with Crippen LogP contribution in [0.2, 0.25) is 0 Å². The van der Waals surface area contributed by atoms with E-state index in [-0.39, 0.29) is 5.84 Å². The van der Waals surface area contributed by atoms with E-state index in [9.17, 15) is 0 Å². The van der Waals surface area contributed by atoms with Crippen LogP contribution in [0.25, 0.3) is 0 Å². The molecule has 0 aliphatic carbocycles. The van der Waals surface area contributed by atoms with Gasteiger partial charge in [-0.1, -0.05) is 6.07 Å². The normalized spacial score (nSPS) is 10.3. The third kappa shape index (κ3) is 3.52. The predicted molar refractivity (Wildman–Crippen MR) is 85.5 cm³/mol. The number of methoxy groups -OCH3 is 1. The van der Waals surface area contributed by atoms with Crippen molar-refractivity contribution in [1.29, 1.82) is 5.41 Å². The van der Waals surface area contributed by atoms with Crippen molar-refractivity contribution < 1.29 is 4.74 Å². The molecule has 3 N–H and O–H groups in total. The fourth-order valence-electron chi connectivity index (χ4n) is 1.68. The van der Waals surface area contributed by atoms with Crippen LogP contribution < -0.4 is 10.5 Å². The Morgan fingerprint density at radius 1 is 1.45 bits per heavy atom. The van der Waals surface area contributed by atoms with Gasteiger partial charge in [-0.3, -0.25) is 5.41 Å². The van der Waals surface area contributed by atoms with Crippen molar-refractivity contribution in [2.75, 3.05) is 7.11 Å². The summed E-state index contributed by atoms with van der Waals surface area (Å²) in [4.78, 5) is 4.31. The van der Waals surface area contributed by atoms with Crippen LogP contribution in [0.15, 0.2) is 46.0 Å². The largest absolute Gasteiger partial charge is 0.496 e. The molecule has 0 bridgehead atoms. The molecule has 0 aliphatic heterocycles. The molecule has 0 aliphatic rings. The number of benzene rings is 1. The number of halogens is 1. The van der Waals surface area contributed by atoms with Crippen molar-refractivity contribution in [3.63, 3.8) is 0 Å². The van der Waals surface area contributed by atoms with E-state index >= 15 is 0 Å². The molecule has 0 saturated carbocycles. The molecule has 1 aromatic heterocycles. The summed E-state index contributed by atoms with van der Waals surface area (Å²) >= 11 is 5.11. The zero-order chi connectivity index (χ0) is 14.5. The van der Waals surface area contributed by atoms with Crippen molar-refractivity contribution in [2.45, 2.75) is 10.8 Å². The maximum atomic E-state index is 7.49. The molecule has 104 valence electrons. The second kappa shape index (κ2) is 6.76. The molecule has 0 fully saturated rings. The third-order valence-electron chi connectivity index (χ3n) is 2.66. The Kier molecular flexibility index (Phi) is 5.03. The summed E-state index contributed by atoms with van der Waals surface area (Å²) in [6.07, 6.45) is 1.77. The fraction of sp³-hybridized carbons (Fsp3) is 0.143. The van der Waals surface area contributed by atoms with E-state index in [0.29, 0.717) is 11.3 Å². The van der Waals surface area contributed by atoms with Gasteiger partial charge in [-0.05, 0) is 45.8 Å². The molecule has 1 aromatic carbocycles. The number of rotatable bonds is 5. The van der Waals surface area contributed by atoms with Gasteiger partial charge >= 0.3 is 0 Å². The Labute approximate surface area is 130 Å². The van der Waals surface area contributed by atoms with E-state index in [1.165, 1.54) is 0 Å². The van der Waals surface area contributed by atoms with Crippen molar-refractivity contribution in [1.82, 2.24) is 4.98 Å². The Balaban J connectivity index is 2.15. The van der Waals surface area contributed by atoms with E-state index in [0.717, 1.165) is 20.8 Å². The average Bonchev–Trinajstić information content (AvgIpc) is 2.46. The Morgan fingerprint density at radius 2 is 2.25 bits per heavy atom. The smallest absolute Gasteiger partial charge is 0.130 e. The van der Waals surface area contributed by atoms with Gasteiger partial charge in [-0.2, -0.15) is 0 Å². The van der Waals surface area contributed by atoms with Gasteiger partial charge in [0.05, 0.1) is 12.7 Å². The lowest BCUT2D eigenvalue weighted by molar-refractivity contribution is 0.413. The molecule has 0 radical (unpaired) electrons. The first-order valence-corrected chi connectivity index (χ1v) is 7.64. The molecule has 1 heterocycles. The summed E-state index contributed by atoms with van der Waals surface area (Å²) in [5.74, 6) is 1.40. The molecule has 0 atom stereocenters. The van der Waals surface area contributed by atoms with Gasteiger partial charge in [0.2, 0.25) is 0 Å². The second-order valence-electron chi connectivity index (χ2n) is 4.03. The number of nitrogen functional groups attached to an aromatic ring is 1. The number of thioether (sulfide) groups is 1. The monoisotopic (exact) mass is 351 g/mol. The zero-order valence-electron chi connectivity index (χ0n) is 10.9. The van der Waals surface area contributed by atoms with Gasteiger partial charge < -0.3 is 10.5 Å². The minimum absolute atomic E-state index is 0.00789. The van der Waals surface area contributed by atoms with Crippen molar-refractivity contribution in [3.05, 3.63) is 52.1 Å². The third-order valence-corrected chi connectivity index (χ3v) is 4.64. The Hall–Kier alpha value is -1.53. The Morgan fingerprint density at radius 3 is 2.90 bits per heavy atom. The number of nitrogens with one attached hydrogen (secondary N) is 1. The highest BCUT2D eigenvalue weighted by molar-refractivity contribution is 9.10. The summed E-state index contributed by atoms with van der Waals surface area (Å²) < 4.78 is 6.25. The van der Waals surface area contributed by atoms with Gasteiger partial charge in [0.25, 0.3) is 0 Å². The summed E-state index contributed by atoms with van der Waals surface area (Å²) in [5, 5.41) is 8.44. The van der Waals surface area contributed by atoms with Crippen LogP contribution in [0.1, 0.15) is 11.1 Å². The molecular formula is C14H14BrN3OS. The summed E-state index contributed by atoms with van der Waals surface area (Å²) in [6, 6.07) is 9.52. The van der Waals surface area contributed by atoms with Crippen LogP contribution in [0.3, 0.4) is 0 Å². The van der Waals surface area contributed by atoms with Crippen LogP contribution in [-0.2, 0) is 5.75 Å². The summed E-state index contributed by atoms with van der Waals surface area (Å²) in [5.41, 5.74) is 7.21. The van der Waals surface area contributed by atoms with E-state index < -0.39 is 0 Å². The molecule has 20 heavy (non-hydrogen) atoms. The lowest BCUT2D eigenvalue weighted by atomic mass is 10.1. The number of amidine groups is 1. The Bertz CT molecular complexity index is 634. The van der Waals surface area contributed by atoms with E-state index in [1.54, 1.807) is 25.1 Å². The SMILES string of the molecule is COc1cc(CSc2ncccc2Br)ccc1C(=N)N. The highest BCUT2D eigenvalue weighted by Crippen LogP contribution is 2.29. The van der Waals surface area contributed by atoms with Gasteiger partial charge in [0.1, 0.15) is 16.6 Å². The number of hydrogen-bond donors (Lipinski definition) is 2. The molecule has 0 unspecified atom stereocenters. The van der Waals surface area contributed by atoms with Gasteiger partial charge in [-0.15, -0.1) is 11.8 Å². The molecule has 2 rings (SSSR count). The van der Waals surface area contributed by atoms with Crippen LogP contribution in [0, 0.1) is 5.41 Å². The summed E-state index contributed by atoms with van der Waals surface area (Å²) in [6.45, 7) is 0. The number of nitrogens with two attached hydrogens (primary N) is 1. The summed E-state index contributed by atoms with van der Waals surface area (Å²) in [7, 11) is 1.58. The van der Waals surface area contributed by atoms with E-state index in [1.807, 2.05) is 30.3 Å². The van der Waals surface area contributed by atoms with Gasteiger partial charge in [0.15, 0.2) is 0 Å². The van der Waals surface area contributed by atoms with E-state index in [2.05, 4.69) is 20.9 Å². The molecule has 0 spiro atoms. The number of nitrogens with zero attached hydrogens (tertiary/aromatic N) is 1. The number of aromatic nitrogens is 1. The van der Waals surface area contributed by atoms with E-state index in [4.69, 9.17) is 15.9 Å². The fourth-order valence-corrected chi connectivity index (χ4v) is 3.10. The first-order chi connectivity index (χ1) is 9.61. The molecule has 0 saturated heterocycles. The highest BCUT2D eigenvalue weighted by Gasteiger charge is 2.08. The van der Waals surface area contributed by atoms with Crippen molar-refractivity contribution in [2.24, 2.45) is 5.73 Å². The molecule has 2 aromatic rings. The molecule has 6 heteroatoms. The van der Waals surface area contributed by atoms with Crippen LogP contribution >= 0.6 is 27.7 Å². The number of hydrogen-bond acceptors (Lipinski definition) is 4. The molecular weight excluding hydrogens is 338 g/mol. The first-order valence-electron chi connectivity index (χ1n) is 5.86. The maximum absolute atomic E-state index is 7.49. The molecule has 0 amide bonds. The van der Waals surface area contributed by atoms with Crippen LogP contribution in [0.5, 0.6) is 5.75 Å². The number of ether oxygens (including phenoxy) is 1. The highest BCUT2D eigenvalue weighted by atomic mass is 79.9. The maximum Gasteiger partial charge on any atom is 0.130 e. The minimum Gasteiger partial charge on any atom is -0.496 e. The van der Waals surface area contributed by atoms with Crippen molar-refractivity contribution in [3.8, 4) is 5.75 Å². The number of pyridine rings is 1. The van der Waals surface area contributed by atoms with Gasteiger partial charge in [0, 0.05) is 16.4 Å². The lowest BCUT2D eigenvalue weighted by Gasteiger charge is -2.09. The van der Waals surface area contributed by atoms with Crippen LogP contribution in [0.4, 0.5) is 0 Å². The van der Waals surface area contributed by atoms with Crippen molar-refractivity contribution >= 4 is 33.5 Å². The lowest BCUT2D eigenvalue weighted by Crippen LogP contribution is -2.12. The zero-order valence-corrected chi connectivity index (χ0v) is 13.3. The second-order valence-corrected chi connectivity index (χ2v) is 5.85. The molecule has 4 nitrogen and oxygen atoms in total. The van der Waals surface area contributed by atoms with Crippen LogP contribution in [-0.4, -0.2) is 17.9 Å². The first kappa shape index (κ1) is 14.9. The predicted octanol–water partition coefficient (Wildman–Crippen LogP) is 3.43. The quantitative estimate of drug-likeness (QED) is 0.491. The average molecular weight is 352 g/mol.